The third kappa shape index (κ3) is 5.32. The summed E-state index contributed by atoms with van der Waals surface area (Å²) in [4.78, 5) is 23.8. The van der Waals surface area contributed by atoms with Crippen molar-refractivity contribution >= 4 is 34.0 Å². The molecule has 26 heavy (non-hydrogen) atoms. The number of phenols is 1. The van der Waals surface area contributed by atoms with E-state index in [2.05, 4.69) is 31.8 Å². The van der Waals surface area contributed by atoms with Crippen LogP contribution in [0.4, 0.5) is 0 Å². The molecule has 2 amide bonds. The van der Waals surface area contributed by atoms with Gasteiger partial charge in [-0.05, 0) is 47.1 Å². The average Bonchev–Trinajstić information content (AvgIpc) is 2.63. The van der Waals surface area contributed by atoms with Crippen molar-refractivity contribution in [1.82, 2.24) is 10.7 Å². The minimum Gasteiger partial charge on any atom is -0.504 e. The number of hydrogen-bond acceptors (Lipinski definition) is 5. The Morgan fingerprint density at radius 3 is 2.73 bits per heavy atom. The van der Waals surface area contributed by atoms with E-state index in [1.165, 1.54) is 6.21 Å². The van der Waals surface area contributed by atoms with Gasteiger partial charge in [-0.2, -0.15) is 5.10 Å². The molecular formula is C18H18BrN3O4. The molecule has 0 bridgehead atoms. The van der Waals surface area contributed by atoms with Crippen molar-refractivity contribution in [3.63, 3.8) is 0 Å². The van der Waals surface area contributed by atoms with Gasteiger partial charge in [0.1, 0.15) is 0 Å². The molecule has 8 heteroatoms. The lowest BCUT2D eigenvalue weighted by Gasteiger charge is -2.07. The summed E-state index contributed by atoms with van der Waals surface area (Å²) in [6.45, 7) is 1.99. The molecule has 3 N–H and O–H groups in total. The number of ether oxygens (including phenoxy) is 1. The normalized spacial score (nSPS) is 10.5. The SMILES string of the molecule is CCOc1cccc(/C=N\NC(=O)CNC(=O)c2ccccc2Br)c1O. The molecule has 136 valence electrons. The molecule has 7 nitrogen and oxygen atoms in total. The lowest BCUT2D eigenvalue weighted by molar-refractivity contribution is -0.120. The number of rotatable bonds is 7. The smallest absolute Gasteiger partial charge is 0.259 e. The van der Waals surface area contributed by atoms with Crippen molar-refractivity contribution in [2.75, 3.05) is 13.2 Å². The largest absolute Gasteiger partial charge is 0.504 e. The molecule has 0 heterocycles. The highest BCUT2D eigenvalue weighted by molar-refractivity contribution is 9.10. The Morgan fingerprint density at radius 1 is 1.23 bits per heavy atom. The highest BCUT2D eigenvalue weighted by Gasteiger charge is 2.10. The van der Waals surface area contributed by atoms with Crippen LogP contribution in [0.3, 0.4) is 0 Å². The van der Waals surface area contributed by atoms with Crippen LogP contribution in [0, 0.1) is 0 Å². The van der Waals surface area contributed by atoms with Crippen molar-refractivity contribution in [2.24, 2.45) is 5.10 Å². The second-order valence-corrected chi connectivity index (χ2v) is 5.94. The van der Waals surface area contributed by atoms with Gasteiger partial charge in [0.25, 0.3) is 11.8 Å². The van der Waals surface area contributed by atoms with Gasteiger partial charge in [-0.3, -0.25) is 9.59 Å². The first-order chi connectivity index (χ1) is 12.5. The quantitative estimate of drug-likeness (QED) is 0.473. The summed E-state index contributed by atoms with van der Waals surface area (Å²) in [6, 6.07) is 11.9. The molecule has 0 fully saturated rings. The Balaban J connectivity index is 1.87. The second-order valence-electron chi connectivity index (χ2n) is 5.08. The Hall–Kier alpha value is -2.87. The number of hydrogen-bond donors (Lipinski definition) is 3. The van der Waals surface area contributed by atoms with E-state index in [0.29, 0.717) is 28.0 Å². The first-order valence-corrected chi connectivity index (χ1v) is 8.61. The summed E-state index contributed by atoms with van der Waals surface area (Å²) >= 11 is 3.28. The van der Waals surface area contributed by atoms with Crippen molar-refractivity contribution in [3.05, 3.63) is 58.1 Å². The number of para-hydroxylation sites is 1. The van der Waals surface area contributed by atoms with Gasteiger partial charge in [-0.15, -0.1) is 0 Å². The number of nitrogens with one attached hydrogen (secondary N) is 2. The maximum atomic E-state index is 12.0. The van der Waals surface area contributed by atoms with Crippen LogP contribution in [-0.4, -0.2) is 36.3 Å². The lowest BCUT2D eigenvalue weighted by atomic mass is 10.2. The van der Waals surface area contributed by atoms with Gasteiger partial charge >= 0.3 is 0 Å². The van der Waals surface area contributed by atoms with E-state index in [9.17, 15) is 14.7 Å². The van der Waals surface area contributed by atoms with Crippen LogP contribution in [0.2, 0.25) is 0 Å². The molecule has 0 aliphatic carbocycles. The van der Waals surface area contributed by atoms with Gasteiger partial charge in [0.2, 0.25) is 0 Å². The summed E-state index contributed by atoms with van der Waals surface area (Å²) in [5.74, 6) is -0.598. The molecule has 0 radical (unpaired) electrons. The van der Waals surface area contributed by atoms with Gasteiger partial charge in [0, 0.05) is 10.0 Å². The van der Waals surface area contributed by atoms with Gasteiger partial charge < -0.3 is 15.2 Å². The standard InChI is InChI=1S/C18H18BrN3O4/c1-2-26-15-9-5-6-12(17(15)24)10-21-22-16(23)11-20-18(25)13-7-3-4-8-14(13)19/h3-10,24H,2,11H2,1H3,(H,20,25)(H,22,23)/b21-10-. The third-order valence-electron chi connectivity index (χ3n) is 3.25. The van der Waals surface area contributed by atoms with Crippen LogP contribution >= 0.6 is 15.9 Å². The fraction of sp³-hybridized carbons (Fsp3) is 0.167. The number of nitrogens with zero attached hydrogens (tertiary/aromatic N) is 1. The Bertz CT molecular complexity index is 824. The molecule has 0 aromatic heterocycles. The molecule has 0 saturated carbocycles. The zero-order valence-electron chi connectivity index (χ0n) is 14.0. The maximum Gasteiger partial charge on any atom is 0.259 e. The van der Waals surface area contributed by atoms with Crippen LogP contribution in [-0.2, 0) is 4.79 Å². The van der Waals surface area contributed by atoms with Gasteiger partial charge in [0.05, 0.1) is 24.9 Å². The van der Waals surface area contributed by atoms with E-state index >= 15 is 0 Å². The number of phenolic OH excluding ortho intramolecular Hbond substituents is 1. The fourth-order valence-corrected chi connectivity index (χ4v) is 2.49. The number of carbonyl (C=O) groups excluding carboxylic acids is 2. The summed E-state index contributed by atoms with van der Waals surface area (Å²) in [5, 5.41) is 16.3. The van der Waals surface area contributed by atoms with E-state index < -0.39 is 5.91 Å². The van der Waals surface area contributed by atoms with E-state index in [0.717, 1.165) is 0 Å². The lowest BCUT2D eigenvalue weighted by Crippen LogP contribution is -2.35. The highest BCUT2D eigenvalue weighted by atomic mass is 79.9. The summed E-state index contributed by atoms with van der Waals surface area (Å²) in [6.07, 6.45) is 1.30. The first-order valence-electron chi connectivity index (χ1n) is 7.82. The van der Waals surface area contributed by atoms with Crippen LogP contribution in [0.5, 0.6) is 11.5 Å². The molecule has 0 aliphatic rings. The number of benzene rings is 2. The molecule has 2 rings (SSSR count). The van der Waals surface area contributed by atoms with E-state index in [4.69, 9.17) is 4.74 Å². The zero-order chi connectivity index (χ0) is 18.9. The Morgan fingerprint density at radius 2 is 2.00 bits per heavy atom. The zero-order valence-corrected chi connectivity index (χ0v) is 15.6. The number of carbonyl (C=O) groups is 2. The van der Waals surface area contributed by atoms with Gasteiger partial charge in [-0.25, -0.2) is 5.43 Å². The molecular weight excluding hydrogens is 402 g/mol. The second kappa shape index (κ2) is 9.57. The van der Waals surface area contributed by atoms with Crippen LogP contribution < -0.4 is 15.5 Å². The molecule has 0 unspecified atom stereocenters. The summed E-state index contributed by atoms with van der Waals surface area (Å²) in [5.41, 5.74) is 3.11. The van der Waals surface area contributed by atoms with Crippen LogP contribution in [0.15, 0.2) is 52.0 Å². The maximum absolute atomic E-state index is 12.0. The number of halogens is 1. The summed E-state index contributed by atoms with van der Waals surface area (Å²) < 4.78 is 5.91. The van der Waals surface area contributed by atoms with Crippen molar-refractivity contribution in [3.8, 4) is 11.5 Å². The number of hydrazone groups is 1. The fourth-order valence-electron chi connectivity index (χ4n) is 2.03. The van der Waals surface area contributed by atoms with E-state index in [1.54, 1.807) is 42.5 Å². The number of aromatic hydroxyl groups is 1. The van der Waals surface area contributed by atoms with Crippen molar-refractivity contribution in [1.29, 1.82) is 0 Å². The molecule has 0 aliphatic heterocycles. The predicted molar refractivity (Wildman–Crippen MR) is 101 cm³/mol. The molecule has 0 spiro atoms. The molecule has 0 saturated heterocycles. The van der Waals surface area contributed by atoms with E-state index in [-0.39, 0.29) is 18.2 Å². The third-order valence-corrected chi connectivity index (χ3v) is 3.94. The predicted octanol–water partition coefficient (Wildman–Crippen LogP) is 2.43. The van der Waals surface area contributed by atoms with Gasteiger partial charge in [-0.1, -0.05) is 18.2 Å². The Kier molecular flexibility index (Phi) is 7.16. The van der Waals surface area contributed by atoms with E-state index in [1.807, 2.05) is 6.92 Å². The minimum absolute atomic E-state index is 0.0606. The monoisotopic (exact) mass is 419 g/mol. The summed E-state index contributed by atoms with van der Waals surface area (Å²) in [7, 11) is 0. The minimum atomic E-state index is -0.498. The topological polar surface area (TPSA) is 100 Å². The van der Waals surface area contributed by atoms with Crippen molar-refractivity contribution in [2.45, 2.75) is 6.92 Å². The van der Waals surface area contributed by atoms with Crippen LogP contribution in [0.1, 0.15) is 22.8 Å². The molecule has 2 aromatic carbocycles. The molecule has 2 aromatic rings. The van der Waals surface area contributed by atoms with Gasteiger partial charge in [0.15, 0.2) is 11.5 Å². The highest BCUT2D eigenvalue weighted by Crippen LogP contribution is 2.28. The average molecular weight is 420 g/mol. The Labute approximate surface area is 159 Å². The first kappa shape index (κ1) is 19.5. The van der Waals surface area contributed by atoms with Crippen molar-refractivity contribution < 1.29 is 19.4 Å². The van der Waals surface area contributed by atoms with Crippen LogP contribution in [0.25, 0.3) is 0 Å². The number of amides is 2. The molecule has 0 atom stereocenters.